The average Bonchev–Trinajstić information content (AvgIpc) is 2.67. The molecule has 0 atom stereocenters. The first-order valence-corrected chi connectivity index (χ1v) is 9.72. The van der Waals surface area contributed by atoms with Crippen molar-refractivity contribution in [3.05, 3.63) is 0 Å². The first-order valence-electron chi connectivity index (χ1n) is 9.72. The van der Waals surface area contributed by atoms with Crippen molar-refractivity contribution < 1.29 is 33.6 Å². The second-order valence-electron chi connectivity index (χ2n) is 6.25. The molecule has 1 rings (SSSR count). The minimum atomic E-state index is -0.968. The maximum absolute atomic E-state index is 11.3. The molecule has 1 aliphatic heterocycles. The van der Waals surface area contributed by atoms with Gasteiger partial charge in [-0.25, -0.2) is 0 Å². The van der Waals surface area contributed by atoms with E-state index in [4.69, 9.17) is 24.1 Å². The Hall–Kier alpha value is -1.26. The van der Waals surface area contributed by atoms with Crippen LogP contribution in [0, 0.1) is 0 Å². The predicted octanol–water partition coefficient (Wildman–Crippen LogP) is 0.176. The minimum absolute atomic E-state index is 0.0102. The van der Waals surface area contributed by atoms with Gasteiger partial charge < -0.3 is 34.7 Å². The summed E-state index contributed by atoms with van der Waals surface area (Å²) in [5.74, 6) is -1.22. The lowest BCUT2D eigenvalue weighted by molar-refractivity contribution is -0.138. The highest BCUT2D eigenvalue weighted by Crippen LogP contribution is 2.06. The molecule has 0 aromatic heterocycles. The van der Waals surface area contributed by atoms with E-state index in [2.05, 4.69) is 10.6 Å². The molecule has 0 spiro atoms. The van der Waals surface area contributed by atoms with Crippen LogP contribution >= 0.6 is 0 Å². The molecule has 0 radical (unpaired) electrons. The van der Waals surface area contributed by atoms with Gasteiger partial charge in [0.1, 0.15) is 0 Å². The molecule has 9 nitrogen and oxygen atoms in total. The Labute approximate surface area is 161 Å². The monoisotopic (exact) mass is 390 g/mol. The molecule has 1 amide bonds. The second kappa shape index (κ2) is 16.9. The van der Waals surface area contributed by atoms with Gasteiger partial charge >= 0.3 is 5.97 Å². The first kappa shape index (κ1) is 23.8. The van der Waals surface area contributed by atoms with E-state index in [-0.39, 0.29) is 18.7 Å². The quantitative estimate of drug-likeness (QED) is 0.301. The Morgan fingerprint density at radius 3 is 2.11 bits per heavy atom. The van der Waals surface area contributed by atoms with Crippen LogP contribution in [-0.2, 0) is 28.5 Å². The fourth-order valence-corrected chi connectivity index (χ4v) is 2.49. The smallest absolute Gasteiger partial charge is 0.303 e. The topological polar surface area (TPSA) is 115 Å². The molecule has 1 saturated heterocycles. The number of rotatable bonds is 17. The molecular weight excluding hydrogens is 356 g/mol. The van der Waals surface area contributed by atoms with Gasteiger partial charge in [-0.05, 0) is 32.4 Å². The van der Waals surface area contributed by atoms with Gasteiger partial charge in [-0.15, -0.1) is 0 Å². The molecule has 0 unspecified atom stereocenters. The minimum Gasteiger partial charge on any atom is -0.481 e. The highest BCUT2D eigenvalue weighted by Gasteiger charge is 2.12. The number of ether oxygens (including phenoxy) is 4. The zero-order chi connectivity index (χ0) is 19.6. The maximum atomic E-state index is 11.3. The van der Waals surface area contributed by atoms with Gasteiger partial charge in [0.05, 0.1) is 52.2 Å². The van der Waals surface area contributed by atoms with E-state index in [1.54, 1.807) is 0 Å². The third kappa shape index (κ3) is 15.5. The van der Waals surface area contributed by atoms with Gasteiger partial charge in [0.15, 0.2) is 0 Å². The van der Waals surface area contributed by atoms with Crippen molar-refractivity contribution in [1.82, 2.24) is 10.6 Å². The average molecular weight is 390 g/mol. The number of piperidine rings is 1. The normalized spacial score (nSPS) is 15.0. The molecule has 1 fully saturated rings. The standard InChI is InChI=1S/C18H34N2O7/c21-17(2-3-18(22)23)20-6-1-9-24-10-11-25-12-13-26-14-15-27-16-4-7-19-8-5-16/h16,19H,1-15H2,(H,20,21)(H,22,23). The zero-order valence-electron chi connectivity index (χ0n) is 16.1. The molecule has 0 bridgehead atoms. The van der Waals surface area contributed by atoms with Crippen LogP contribution in [0.25, 0.3) is 0 Å². The van der Waals surface area contributed by atoms with E-state index < -0.39 is 5.97 Å². The van der Waals surface area contributed by atoms with E-state index in [9.17, 15) is 9.59 Å². The summed E-state index contributed by atoms with van der Waals surface area (Å²) < 4.78 is 22.0. The molecule has 9 heteroatoms. The van der Waals surface area contributed by atoms with Gasteiger partial charge in [-0.3, -0.25) is 9.59 Å². The summed E-state index contributed by atoms with van der Waals surface area (Å²) in [5.41, 5.74) is 0. The number of carboxylic acids is 1. The van der Waals surface area contributed by atoms with E-state index in [0.29, 0.717) is 65.3 Å². The summed E-state index contributed by atoms with van der Waals surface area (Å²) in [4.78, 5) is 21.6. The Bertz CT molecular complexity index is 390. The summed E-state index contributed by atoms with van der Waals surface area (Å²) >= 11 is 0. The molecule has 0 aromatic rings. The highest BCUT2D eigenvalue weighted by atomic mass is 16.6. The van der Waals surface area contributed by atoms with Crippen molar-refractivity contribution in [3.8, 4) is 0 Å². The number of hydrogen-bond acceptors (Lipinski definition) is 7. The second-order valence-corrected chi connectivity index (χ2v) is 6.25. The molecule has 0 aromatic carbocycles. The van der Waals surface area contributed by atoms with Crippen molar-refractivity contribution in [2.45, 2.75) is 38.2 Å². The summed E-state index contributed by atoms with van der Waals surface area (Å²) in [6.07, 6.45) is 3.05. The van der Waals surface area contributed by atoms with Gasteiger partial charge in [0.25, 0.3) is 0 Å². The van der Waals surface area contributed by atoms with E-state index in [0.717, 1.165) is 25.9 Å². The predicted molar refractivity (Wildman–Crippen MR) is 98.8 cm³/mol. The largest absolute Gasteiger partial charge is 0.481 e. The molecule has 27 heavy (non-hydrogen) atoms. The maximum Gasteiger partial charge on any atom is 0.303 e. The Kier molecular flexibility index (Phi) is 14.9. The Morgan fingerprint density at radius 1 is 0.889 bits per heavy atom. The molecular formula is C18H34N2O7. The van der Waals surface area contributed by atoms with Gasteiger partial charge in [-0.1, -0.05) is 0 Å². The fraction of sp³-hybridized carbons (Fsp3) is 0.889. The number of carbonyl (C=O) groups excluding carboxylic acids is 1. The zero-order valence-corrected chi connectivity index (χ0v) is 16.1. The lowest BCUT2D eigenvalue weighted by Crippen LogP contribution is -2.33. The van der Waals surface area contributed by atoms with Crippen LogP contribution < -0.4 is 10.6 Å². The van der Waals surface area contributed by atoms with Gasteiger partial charge in [0, 0.05) is 19.6 Å². The third-order valence-corrected chi connectivity index (χ3v) is 3.96. The third-order valence-electron chi connectivity index (χ3n) is 3.96. The van der Waals surface area contributed by atoms with Crippen molar-refractivity contribution in [2.24, 2.45) is 0 Å². The lowest BCUT2D eigenvalue weighted by atomic mass is 10.1. The van der Waals surface area contributed by atoms with Crippen LogP contribution in [0.4, 0.5) is 0 Å². The van der Waals surface area contributed by atoms with Gasteiger partial charge in [0.2, 0.25) is 5.91 Å². The molecule has 1 aliphatic rings. The van der Waals surface area contributed by atoms with Crippen LogP contribution in [0.15, 0.2) is 0 Å². The molecule has 158 valence electrons. The summed E-state index contributed by atoms with van der Waals surface area (Å²) in [6.45, 7) is 6.33. The number of nitrogens with one attached hydrogen (secondary N) is 2. The summed E-state index contributed by atoms with van der Waals surface area (Å²) in [6, 6.07) is 0. The van der Waals surface area contributed by atoms with E-state index in [1.807, 2.05) is 0 Å². The van der Waals surface area contributed by atoms with Crippen LogP contribution in [0.2, 0.25) is 0 Å². The molecule has 3 N–H and O–H groups in total. The van der Waals surface area contributed by atoms with Crippen LogP contribution in [0.1, 0.15) is 32.1 Å². The van der Waals surface area contributed by atoms with Gasteiger partial charge in [-0.2, -0.15) is 0 Å². The Balaban J connectivity index is 1.71. The van der Waals surface area contributed by atoms with Crippen molar-refractivity contribution >= 4 is 11.9 Å². The SMILES string of the molecule is O=C(O)CCC(=O)NCCCOCCOCCOCCOC1CCNCC1. The van der Waals surface area contributed by atoms with Crippen molar-refractivity contribution in [2.75, 3.05) is 65.9 Å². The molecule has 0 aliphatic carbocycles. The van der Waals surface area contributed by atoms with E-state index in [1.165, 1.54) is 0 Å². The van der Waals surface area contributed by atoms with Crippen LogP contribution in [-0.4, -0.2) is 89.0 Å². The number of amides is 1. The summed E-state index contributed by atoms with van der Waals surface area (Å²) in [7, 11) is 0. The van der Waals surface area contributed by atoms with Crippen LogP contribution in [0.3, 0.4) is 0 Å². The first-order chi connectivity index (χ1) is 13.2. The molecule has 0 saturated carbocycles. The summed E-state index contributed by atoms with van der Waals surface area (Å²) in [5, 5.41) is 14.4. The fourth-order valence-electron chi connectivity index (χ4n) is 2.49. The van der Waals surface area contributed by atoms with E-state index >= 15 is 0 Å². The lowest BCUT2D eigenvalue weighted by Gasteiger charge is -2.22. The Morgan fingerprint density at radius 2 is 1.48 bits per heavy atom. The highest BCUT2D eigenvalue weighted by molar-refractivity contribution is 5.80. The number of hydrogen-bond donors (Lipinski definition) is 3. The number of aliphatic carboxylic acids is 1. The molecule has 1 heterocycles. The number of carbonyl (C=O) groups is 2. The van der Waals surface area contributed by atoms with Crippen molar-refractivity contribution in [3.63, 3.8) is 0 Å². The van der Waals surface area contributed by atoms with Crippen molar-refractivity contribution in [1.29, 1.82) is 0 Å². The number of carboxylic acid groups (broad SMARTS) is 1. The van der Waals surface area contributed by atoms with Crippen LogP contribution in [0.5, 0.6) is 0 Å².